The summed E-state index contributed by atoms with van der Waals surface area (Å²) in [6, 6.07) is 18.0. The molecule has 0 saturated carbocycles. The number of aryl methyl sites for hydroxylation is 3. The third-order valence-electron chi connectivity index (χ3n) is 6.52. The van der Waals surface area contributed by atoms with Crippen LogP contribution in [0.15, 0.2) is 72.4 Å². The lowest BCUT2D eigenvalue weighted by Gasteiger charge is -2.25. The molecular weight excluding hydrogens is 440 g/mol. The van der Waals surface area contributed by atoms with Crippen LogP contribution in [0, 0.1) is 20.8 Å². The smallest absolute Gasteiger partial charge is 0.300 e. The number of amides is 1. The first-order valence-electron chi connectivity index (χ1n) is 11.4. The molecule has 0 bridgehead atoms. The summed E-state index contributed by atoms with van der Waals surface area (Å²) in [6.07, 6.45) is 1.80. The van der Waals surface area contributed by atoms with Gasteiger partial charge in [0.15, 0.2) is 0 Å². The molecule has 1 aromatic heterocycles. The monoisotopic (exact) mass is 466 g/mol. The van der Waals surface area contributed by atoms with Crippen molar-refractivity contribution in [1.29, 1.82) is 0 Å². The number of aromatic amines is 1. The molecule has 35 heavy (non-hydrogen) atoms. The van der Waals surface area contributed by atoms with Crippen LogP contribution in [-0.2, 0) is 9.59 Å². The number of carbonyl (C=O) groups excluding carboxylic acids is 2. The van der Waals surface area contributed by atoms with Gasteiger partial charge in [-0.25, -0.2) is 0 Å². The molecule has 1 aliphatic rings. The van der Waals surface area contributed by atoms with Gasteiger partial charge in [-0.2, -0.15) is 0 Å². The van der Waals surface area contributed by atoms with E-state index in [4.69, 9.17) is 4.74 Å². The van der Waals surface area contributed by atoms with Crippen LogP contribution in [0.4, 0.5) is 5.69 Å². The number of H-pyrrole nitrogens is 1. The zero-order valence-electron chi connectivity index (χ0n) is 20.0. The Bertz CT molecular complexity index is 1530. The number of fused-ring (bicyclic) bond motifs is 1. The summed E-state index contributed by atoms with van der Waals surface area (Å²) in [5.74, 6) is -1.21. The van der Waals surface area contributed by atoms with Crippen molar-refractivity contribution in [2.24, 2.45) is 0 Å². The standard InChI is InChI=1S/C29H26N2O4/c1-16-8-7-9-19(13-16)31-25(22-15-30-23-11-6-5-10-20(22)23)24(27(33)29(31)34)26(32)21-14-17(2)12-18(3)28(21)35-4/h5-15,25,30,32H,1-4H3/b26-24+. The predicted molar refractivity (Wildman–Crippen MR) is 137 cm³/mol. The van der Waals surface area contributed by atoms with Crippen LogP contribution in [-0.4, -0.2) is 28.9 Å². The molecule has 3 aromatic carbocycles. The lowest BCUT2D eigenvalue weighted by Crippen LogP contribution is -2.29. The Labute approximate surface area is 203 Å². The van der Waals surface area contributed by atoms with Gasteiger partial charge in [-0.05, 0) is 61.7 Å². The Morgan fingerprint density at radius 1 is 0.971 bits per heavy atom. The van der Waals surface area contributed by atoms with Gasteiger partial charge in [-0.3, -0.25) is 14.5 Å². The third kappa shape index (κ3) is 3.58. The van der Waals surface area contributed by atoms with Gasteiger partial charge in [0.1, 0.15) is 11.5 Å². The summed E-state index contributed by atoms with van der Waals surface area (Å²) in [6.45, 7) is 5.72. The average molecular weight is 467 g/mol. The van der Waals surface area contributed by atoms with E-state index in [9.17, 15) is 14.7 Å². The highest BCUT2D eigenvalue weighted by Crippen LogP contribution is 2.45. The van der Waals surface area contributed by atoms with Gasteiger partial charge in [0.25, 0.3) is 11.7 Å². The first kappa shape index (κ1) is 22.5. The Kier molecular flexibility index (Phi) is 5.44. The molecule has 176 valence electrons. The average Bonchev–Trinajstić information content (AvgIpc) is 3.37. The van der Waals surface area contributed by atoms with Crippen LogP contribution in [0.25, 0.3) is 16.7 Å². The number of hydrogen-bond donors (Lipinski definition) is 2. The molecule has 1 fully saturated rings. The largest absolute Gasteiger partial charge is 0.507 e. The number of ether oxygens (including phenoxy) is 1. The minimum absolute atomic E-state index is 0.0320. The van der Waals surface area contributed by atoms with Crippen molar-refractivity contribution in [2.75, 3.05) is 12.0 Å². The summed E-state index contributed by atoms with van der Waals surface area (Å²) in [4.78, 5) is 31.7. The maximum absolute atomic E-state index is 13.5. The number of benzene rings is 3. The molecule has 0 aliphatic carbocycles. The predicted octanol–water partition coefficient (Wildman–Crippen LogP) is 5.73. The Morgan fingerprint density at radius 3 is 2.49 bits per heavy atom. The Hall–Kier alpha value is -4.32. The molecular formula is C29H26N2O4. The van der Waals surface area contributed by atoms with E-state index in [-0.39, 0.29) is 11.3 Å². The number of nitrogens with one attached hydrogen (secondary N) is 1. The number of aliphatic hydroxyl groups excluding tert-OH is 1. The number of nitrogens with zero attached hydrogens (tertiary/aromatic N) is 1. The lowest BCUT2D eigenvalue weighted by molar-refractivity contribution is -0.132. The van der Waals surface area contributed by atoms with E-state index in [2.05, 4.69) is 4.98 Å². The molecule has 2 N–H and O–H groups in total. The fourth-order valence-corrected chi connectivity index (χ4v) is 5.04. The van der Waals surface area contributed by atoms with Crippen LogP contribution >= 0.6 is 0 Å². The highest BCUT2D eigenvalue weighted by Gasteiger charge is 2.48. The van der Waals surface area contributed by atoms with E-state index in [0.29, 0.717) is 17.0 Å². The van der Waals surface area contributed by atoms with Gasteiger partial charge in [-0.15, -0.1) is 0 Å². The number of Topliss-reactive ketones (excluding diaryl/α,β-unsaturated/α-hetero) is 1. The molecule has 0 spiro atoms. The number of aromatic nitrogens is 1. The van der Waals surface area contributed by atoms with Gasteiger partial charge in [0, 0.05) is 28.4 Å². The maximum atomic E-state index is 13.5. The highest BCUT2D eigenvalue weighted by molar-refractivity contribution is 6.52. The number of anilines is 1. The molecule has 2 heterocycles. The van der Waals surface area contributed by atoms with E-state index in [0.717, 1.165) is 33.2 Å². The van der Waals surface area contributed by atoms with Gasteiger partial charge < -0.3 is 14.8 Å². The van der Waals surface area contributed by atoms with E-state index in [1.54, 1.807) is 18.3 Å². The van der Waals surface area contributed by atoms with Crippen molar-refractivity contribution in [3.8, 4) is 5.75 Å². The van der Waals surface area contributed by atoms with E-state index >= 15 is 0 Å². The van der Waals surface area contributed by atoms with E-state index < -0.39 is 17.7 Å². The van der Waals surface area contributed by atoms with E-state index in [1.807, 2.05) is 69.3 Å². The Balaban J connectivity index is 1.83. The summed E-state index contributed by atoms with van der Waals surface area (Å²) >= 11 is 0. The van der Waals surface area contributed by atoms with Crippen molar-refractivity contribution < 1.29 is 19.4 Å². The molecule has 4 aromatic rings. The number of rotatable bonds is 4. The van der Waals surface area contributed by atoms with Gasteiger partial charge >= 0.3 is 0 Å². The van der Waals surface area contributed by atoms with Crippen LogP contribution in [0.5, 0.6) is 5.75 Å². The summed E-state index contributed by atoms with van der Waals surface area (Å²) < 4.78 is 5.59. The molecule has 0 radical (unpaired) electrons. The maximum Gasteiger partial charge on any atom is 0.300 e. The SMILES string of the molecule is COc1c(C)cc(C)cc1/C(O)=C1\C(=O)C(=O)N(c2cccc(C)c2)C1c1c[nH]c2ccccc12. The van der Waals surface area contributed by atoms with Crippen molar-refractivity contribution >= 4 is 34.0 Å². The normalized spacial score (nSPS) is 17.4. The lowest BCUT2D eigenvalue weighted by atomic mass is 9.93. The number of ketones is 1. The number of carbonyl (C=O) groups is 2. The summed E-state index contributed by atoms with van der Waals surface area (Å²) in [5.41, 5.74) is 5.30. The summed E-state index contributed by atoms with van der Waals surface area (Å²) in [5, 5.41) is 12.5. The first-order chi connectivity index (χ1) is 16.8. The first-order valence-corrected chi connectivity index (χ1v) is 11.4. The van der Waals surface area contributed by atoms with E-state index in [1.165, 1.54) is 12.0 Å². The minimum atomic E-state index is -0.821. The summed E-state index contributed by atoms with van der Waals surface area (Å²) in [7, 11) is 1.52. The quantitative estimate of drug-likeness (QED) is 0.229. The van der Waals surface area contributed by atoms with Crippen molar-refractivity contribution in [3.05, 3.63) is 100 Å². The molecule has 5 rings (SSSR count). The van der Waals surface area contributed by atoms with Crippen LogP contribution in [0.2, 0.25) is 0 Å². The molecule has 1 saturated heterocycles. The zero-order valence-corrected chi connectivity index (χ0v) is 20.0. The van der Waals surface area contributed by atoms with Crippen LogP contribution in [0.1, 0.15) is 33.9 Å². The molecule has 1 unspecified atom stereocenters. The van der Waals surface area contributed by atoms with Crippen molar-refractivity contribution in [1.82, 2.24) is 4.98 Å². The van der Waals surface area contributed by atoms with Crippen LogP contribution in [0.3, 0.4) is 0 Å². The molecule has 1 amide bonds. The Morgan fingerprint density at radius 2 is 1.74 bits per heavy atom. The number of para-hydroxylation sites is 1. The fraction of sp³-hybridized carbons (Fsp3) is 0.172. The van der Waals surface area contributed by atoms with Gasteiger partial charge in [0.2, 0.25) is 0 Å². The highest BCUT2D eigenvalue weighted by atomic mass is 16.5. The topological polar surface area (TPSA) is 82.6 Å². The fourth-order valence-electron chi connectivity index (χ4n) is 5.04. The minimum Gasteiger partial charge on any atom is -0.507 e. The molecule has 1 aliphatic heterocycles. The molecule has 1 atom stereocenters. The number of hydrogen-bond acceptors (Lipinski definition) is 4. The number of aliphatic hydroxyl groups is 1. The second-order valence-corrected chi connectivity index (χ2v) is 8.96. The third-order valence-corrected chi connectivity index (χ3v) is 6.52. The molecule has 6 heteroatoms. The van der Waals surface area contributed by atoms with Crippen molar-refractivity contribution in [3.63, 3.8) is 0 Å². The second kappa shape index (κ2) is 8.47. The van der Waals surface area contributed by atoms with Gasteiger partial charge in [-0.1, -0.05) is 36.4 Å². The zero-order chi connectivity index (χ0) is 24.9. The second-order valence-electron chi connectivity index (χ2n) is 8.96. The molecule has 6 nitrogen and oxygen atoms in total. The van der Waals surface area contributed by atoms with Crippen molar-refractivity contribution in [2.45, 2.75) is 26.8 Å². The van der Waals surface area contributed by atoms with Crippen LogP contribution < -0.4 is 9.64 Å². The number of methoxy groups -OCH3 is 1. The van der Waals surface area contributed by atoms with Gasteiger partial charge in [0.05, 0.1) is 24.3 Å².